The van der Waals surface area contributed by atoms with Gasteiger partial charge in [-0.1, -0.05) is 13.8 Å². The molecule has 24 heavy (non-hydrogen) atoms. The molecule has 0 saturated carbocycles. The maximum atomic E-state index is 12.2. The van der Waals surface area contributed by atoms with E-state index in [4.69, 9.17) is 4.74 Å². The standard InChI is InChI=1S/C18H24N4O2/c1-12(2)9-20-17-11-19-16(10-21-17)18(23)22-14-5-7-15(8-6-14)24-13(3)4/h5-8,10-13H,9H2,1-4H3,(H,20,21)(H,22,23). The summed E-state index contributed by atoms with van der Waals surface area (Å²) < 4.78 is 5.57. The zero-order chi connectivity index (χ0) is 17.5. The normalized spacial score (nSPS) is 10.8. The number of amides is 1. The Morgan fingerprint density at radius 1 is 1.08 bits per heavy atom. The van der Waals surface area contributed by atoms with Crippen LogP contribution in [0.1, 0.15) is 38.2 Å². The number of ether oxygens (including phenoxy) is 1. The number of benzene rings is 1. The van der Waals surface area contributed by atoms with Crippen LogP contribution in [0.2, 0.25) is 0 Å². The van der Waals surface area contributed by atoms with Gasteiger partial charge in [-0.15, -0.1) is 0 Å². The van der Waals surface area contributed by atoms with Crippen LogP contribution in [-0.2, 0) is 0 Å². The van der Waals surface area contributed by atoms with Crippen LogP contribution in [0, 0.1) is 5.92 Å². The van der Waals surface area contributed by atoms with E-state index in [9.17, 15) is 4.79 Å². The molecule has 0 aliphatic carbocycles. The Morgan fingerprint density at radius 2 is 1.79 bits per heavy atom. The fourth-order valence-electron chi connectivity index (χ4n) is 1.93. The van der Waals surface area contributed by atoms with Crippen LogP contribution in [0.3, 0.4) is 0 Å². The number of nitrogens with one attached hydrogen (secondary N) is 2. The van der Waals surface area contributed by atoms with Crippen LogP contribution in [0.5, 0.6) is 5.75 Å². The van der Waals surface area contributed by atoms with Gasteiger partial charge >= 0.3 is 0 Å². The maximum absolute atomic E-state index is 12.2. The second kappa shape index (κ2) is 8.29. The van der Waals surface area contributed by atoms with Gasteiger partial charge in [0.25, 0.3) is 5.91 Å². The molecule has 2 rings (SSSR count). The first-order chi connectivity index (χ1) is 11.4. The molecule has 0 fully saturated rings. The number of aromatic nitrogens is 2. The number of nitrogens with zero attached hydrogens (tertiary/aromatic N) is 2. The molecular weight excluding hydrogens is 304 g/mol. The van der Waals surface area contributed by atoms with Crippen molar-refractivity contribution in [2.75, 3.05) is 17.2 Å². The molecule has 2 N–H and O–H groups in total. The summed E-state index contributed by atoms with van der Waals surface area (Å²) in [7, 11) is 0. The molecule has 2 aromatic rings. The summed E-state index contributed by atoms with van der Waals surface area (Å²) in [5.41, 5.74) is 0.951. The van der Waals surface area contributed by atoms with Gasteiger partial charge in [0.2, 0.25) is 0 Å². The van der Waals surface area contributed by atoms with E-state index in [2.05, 4.69) is 34.4 Å². The van der Waals surface area contributed by atoms with E-state index in [-0.39, 0.29) is 17.7 Å². The first-order valence-electron chi connectivity index (χ1n) is 8.08. The van der Waals surface area contributed by atoms with E-state index in [1.54, 1.807) is 18.3 Å². The molecule has 6 heteroatoms. The van der Waals surface area contributed by atoms with Crippen molar-refractivity contribution in [3.63, 3.8) is 0 Å². The van der Waals surface area contributed by atoms with Crippen LogP contribution >= 0.6 is 0 Å². The molecule has 1 amide bonds. The SMILES string of the molecule is CC(C)CNc1cnc(C(=O)Nc2ccc(OC(C)C)cc2)cn1. The minimum atomic E-state index is -0.296. The molecule has 0 bridgehead atoms. The van der Waals surface area contributed by atoms with Crippen LogP contribution in [0.25, 0.3) is 0 Å². The summed E-state index contributed by atoms with van der Waals surface area (Å²) >= 11 is 0. The molecule has 0 radical (unpaired) electrons. The van der Waals surface area contributed by atoms with Crippen molar-refractivity contribution in [3.8, 4) is 5.75 Å². The molecule has 6 nitrogen and oxygen atoms in total. The van der Waals surface area contributed by atoms with E-state index < -0.39 is 0 Å². The van der Waals surface area contributed by atoms with Gasteiger partial charge in [0, 0.05) is 12.2 Å². The van der Waals surface area contributed by atoms with E-state index in [1.165, 1.54) is 6.20 Å². The number of anilines is 2. The lowest BCUT2D eigenvalue weighted by atomic mass is 10.2. The van der Waals surface area contributed by atoms with Crippen molar-refractivity contribution in [2.45, 2.75) is 33.8 Å². The average Bonchev–Trinajstić information content (AvgIpc) is 2.54. The second-order valence-electron chi connectivity index (χ2n) is 6.21. The summed E-state index contributed by atoms with van der Waals surface area (Å²) in [4.78, 5) is 20.5. The van der Waals surface area contributed by atoms with E-state index in [0.717, 1.165) is 12.3 Å². The van der Waals surface area contributed by atoms with Gasteiger partial charge in [-0.05, 0) is 44.0 Å². The minimum Gasteiger partial charge on any atom is -0.491 e. The first-order valence-corrected chi connectivity index (χ1v) is 8.08. The highest BCUT2D eigenvalue weighted by Gasteiger charge is 2.09. The number of hydrogen-bond acceptors (Lipinski definition) is 5. The smallest absolute Gasteiger partial charge is 0.275 e. The lowest BCUT2D eigenvalue weighted by molar-refractivity contribution is 0.102. The summed E-state index contributed by atoms with van der Waals surface area (Å²) in [6.45, 7) is 8.96. The molecule has 0 aliphatic heterocycles. The van der Waals surface area contributed by atoms with Gasteiger partial charge in [-0.25, -0.2) is 9.97 Å². The summed E-state index contributed by atoms with van der Waals surface area (Å²) in [5.74, 6) is 1.65. The van der Waals surface area contributed by atoms with Crippen LogP contribution in [0.15, 0.2) is 36.7 Å². The Labute approximate surface area is 142 Å². The Morgan fingerprint density at radius 3 is 2.33 bits per heavy atom. The molecular formula is C18H24N4O2. The zero-order valence-electron chi connectivity index (χ0n) is 14.5. The molecule has 1 aromatic carbocycles. The largest absolute Gasteiger partial charge is 0.491 e. The van der Waals surface area contributed by atoms with Gasteiger partial charge in [-0.3, -0.25) is 4.79 Å². The van der Waals surface area contributed by atoms with E-state index in [0.29, 0.717) is 17.4 Å². The fourth-order valence-corrected chi connectivity index (χ4v) is 1.93. The average molecular weight is 328 g/mol. The quantitative estimate of drug-likeness (QED) is 0.812. The van der Waals surface area contributed by atoms with E-state index in [1.807, 2.05) is 26.0 Å². The molecule has 1 heterocycles. The predicted molar refractivity (Wildman–Crippen MR) is 95.5 cm³/mol. The Bertz CT molecular complexity index is 652. The summed E-state index contributed by atoms with van der Waals surface area (Å²) in [6.07, 6.45) is 3.15. The summed E-state index contributed by atoms with van der Waals surface area (Å²) in [6, 6.07) is 7.23. The van der Waals surface area contributed by atoms with Gasteiger partial charge in [-0.2, -0.15) is 0 Å². The van der Waals surface area contributed by atoms with Crippen molar-refractivity contribution in [1.29, 1.82) is 0 Å². The van der Waals surface area contributed by atoms with Crippen molar-refractivity contribution in [1.82, 2.24) is 9.97 Å². The van der Waals surface area contributed by atoms with Gasteiger partial charge in [0.1, 0.15) is 17.3 Å². The predicted octanol–water partition coefficient (Wildman–Crippen LogP) is 3.58. The van der Waals surface area contributed by atoms with Gasteiger partial charge < -0.3 is 15.4 Å². The lowest BCUT2D eigenvalue weighted by Gasteiger charge is -2.11. The monoisotopic (exact) mass is 328 g/mol. The Hall–Kier alpha value is -2.63. The van der Waals surface area contributed by atoms with E-state index >= 15 is 0 Å². The maximum Gasteiger partial charge on any atom is 0.275 e. The topological polar surface area (TPSA) is 76.1 Å². The van der Waals surface area contributed by atoms with Crippen molar-refractivity contribution in [2.24, 2.45) is 5.92 Å². The number of rotatable bonds is 7. The fraction of sp³-hybridized carbons (Fsp3) is 0.389. The summed E-state index contributed by atoms with van der Waals surface area (Å²) in [5, 5.41) is 5.95. The highest BCUT2D eigenvalue weighted by molar-refractivity contribution is 6.02. The lowest BCUT2D eigenvalue weighted by Crippen LogP contribution is -2.15. The van der Waals surface area contributed by atoms with Crippen LogP contribution < -0.4 is 15.4 Å². The first kappa shape index (κ1) is 17.7. The van der Waals surface area contributed by atoms with Crippen LogP contribution in [-0.4, -0.2) is 28.5 Å². The third-order valence-electron chi connectivity index (χ3n) is 3.06. The number of carbonyl (C=O) groups excluding carboxylic acids is 1. The highest BCUT2D eigenvalue weighted by Crippen LogP contribution is 2.17. The molecule has 0 unspecified atom stereocenters. The van der Waals surface area contributed by atoms with Crippen LogP contribution in [0.4, 0.5) is 11.5 Å². The van der Waals surface area contributed by atoms with Crippen molar-refractivity contribution in [3.05, 3.63) is 42.4 Å². The molecule has 0 atom stereocenters. The highest BCUT2D eigenvalue weighted by atomic mass is 16.5. The molecule has 1 aromatic heterocycles. The molecule has 0 spiro atoms. The second-order valence-corrected chi connectivity index (χ2v) is 6.21. The number of carbonyl (C=O) groups is 1. The third kappa shape index (κ3) is 5.53. The molecule has 0 saturated heterocycles. The zero-order valence-corrected chi connectivity index (χ0v) is 14.5. The minimum absolute atomic E-state index is 0.114. The van der Waals surface area contributed by atoms with Crippen molar-refractivity contribution >= 4 is 17.4 Å². The Kier molecular flexibility index (Phi) is 6.12. The molecule has 0 aliphatic rings. The number of hydrogen-bond donors (Lipinski definition) is 2. The third-order valence-corrected chi connectivity index (χ3v) is 3.06. The Balaban J connectivity index is 1.94. The van der Waals surface area contributed by atoms with Gasteiger partial charge in [0.15, 0.2) is 0 Å². The van der Waals surface area contributed by atoms with Crippen molar-refractivity contribution < 1.29 is 9.53 Å². The van der Waals surface area contributed by atoms with Gasteiger partial charge in [0.05, 0.1) is 18.5 Å². The molecule has 128 valence electrons.